The van der Waals surface area contributed by atoms with Crippen LogP contribution < -0.4 is 0 Å². The number of nitrogens with zero attached hydrogens (tertiary/aromatic N) is 3. The zero-order chi connectivity index (χ0) is 76.3. The summed E-state index contributed by atoms with van der Waals surface area (Å²) in [5, 5.41) is 85.1. The normalized spacial score (nSPS) is 10.5. The van der Waals surface area contributed by atoms with Gasteiger partial charge in [0.1, 0.15) is 0 Å². The molecule has 7 aromatic rings. The van der Waals surface area contributed by atoms with Crippen molar-refractivity contribution in [2.24, 2.45) is 0 Å². The number of aliphatic hydroxyl groups is 6. The minimum Gasteiger partial charge on any atom is -0.394 e. The van der Waals surface area contributed by atoms with Crippen LogP contribution in [0.15, 0.2) is 127 Å². The molecule has 0 heterocycles. The molecule has 7 rings (SSSR count). The Morgan fingerprint density at radius 2 is 0.324 bits per heavy atom. The van der Waals surface area contributed by atoms with Crippen molar-refractivity contribution in [3.63, 3.8) is 0 Å². The minimum absolute atomic E-state index is 0.0992. The third-order valence-electron chi connectivity index (χ3n) is 15.1. The van der Waals surface area contributed by atoms with Gasteiger partial charge >= 0.3 is 0 Å². The fourth-order valence-corrected chi connectivity index (χ4v) is 10.1. The molecule has 0 fully saturated rings. The van der Waals surface area contributed by atoms with Crippen LogP contribution >= 0.6 is 0 Å². The van der Waals surface area contributed by atoms with Crippen LogP contribution in [0, 0.1) is 105 Å². The molecule has 0 unspecified atom stereocenters. The Hall–Kier alpha value is -10.3. The van der Waals surface area contributed by atoms with Gasteiger partial charge in [0.2, 0.25) is 0 Å². The molecule has 21 heteroatoms. The third-order valence-corrected chi connectivity index (χ3v) is 15.1. The van der Waals surface area contributed by atoms with Gasteiger partial charge in [0.25, 0.3) is 0 Å². The van der Waals surface area contributed by atoms with Gasteiger partial charge in [-0.1, -0.05) is 71.0 Å². The van der Waals surface area contributed by atoms with E-state index < -0.39 is 0 Å². The van der Waals surface area contributed by atoms with E-state index in [-0.39, 0.29) is 198 Å². The van der Waals surface area contributed by atoms with E-state index in [0.29, 0.717) is 83.5 Å². The molecule has 0 bridgehead atoms. The average Bonchev–Trinajstić information content (AvgIpc) is 0.809. The van der Waals surface area contributed by atoms with Crippen LogP contribution in [0.1, 0.15) is 117 Å². The highest BCUT2D eigenvalue weighted by molar-refractivity contribution is 5.59. The predicted octanol–water partition coefficient (Wildman–Crippen LogP) is 6.85. The molecule has 0 saturated carbocycles. The fraction of sp³-hybridized carbons (Fsp3) is 0.345. The Morgan fingerprint density at radius 3 is 0.472 bits per heavy atom. The highest BCUT2D eigenvalue weighted by atomic mass is 16.6. The summed E-state index contributed by atoms with van der Waals surface area (Å²) >= 11 is 0. The molecule has 0 aromatic heterocycles. The maximum atomic E-state index is 10.2. The second-order valence-corrected chi connectivity index (χ2v) is 23.2. The molecule has 0 aliphatic rings. The lowest BCUT2D eigenvalue weighted by Gasteiger charge is -2.12. The Balaban J connectivity index is 1.16. The van der Waals surface area contributed by atoms with Gasteiger partial charge in [-0.15, -0.1) is 0 Å². The molecule has 0 spiro atoms. The molecular formula is C87H87N3O18. The SMILES string of the molecule is N#Cc1c(COCCOCCO)cc(C#Cc2ccc(C#Cc3cc(C#Cc4ccc(C#Cc5cc(COCCOCCO)c(C#N)c(COCCOCCO)c5)cc4)cc(C#Cc4ccc(C#Cc5cc(COCCOCCO)c(C#N)c(COCCOCCO)c5)cc4)c3)cc2)cc1COCCOCCO. The highest BCUT2D eigenvalue weighted by Crippen LogP contribution is 2.24. The van der Waals surface area contributed by atoms with Gasteiger partial charge in [-0.05, 0) is 161 Å². The summed E-state index contributed by atoms with van der Waals surface area (Å²) in [7, 11) is 0. The number of aliphatic hydroxyl groups excluding tert-OH is 6. The van der Waals surface area contributed by atoms with E-state index in [1.165, 1.54) is 0 Å². The van der Waals surface area contributed by atoms with Crippen molar-refractivity contribution in [1.82, 2.24) is 0 Å². The largest absolute Gasteiger partial charge is 0.394 e. The van der Waals surface area contributed by atoms with E-state index in [2.05, 4.69) is 89.3 Å². The monoisotopic (exact) mass is 1460 g/mol. The first-order valence-corrected chi connectivity index (χ1v) is 35.0. The second kappa shape index (κ2) is 51.8. The molecular weight excluding hydrogens is 1370 g/mol. The molecule has 0 radical (unpaired) electrons. The van der Waals surface area contributed by atoms with Gasteiger partial charge < -0.3 is 87.5 Å². The highest BCUT2D eigenvalue weighted by Gasteiger charge is 2.16. The number of benzene rings is 7. The first-order chi connectivity index (χ1) is 53.2. The number of ether oxygens (including phenoxy) is 12. The molecule has 108 heavy (non-hydrogen) atoms. The van der Waals surface area contributed by atoms with Crippen molar-refractivity contribution < 1.29 is 87.5 Å². The smallest absolute Gasteiger partial charge is 0.0999 e. The number of hydrogen-bond acceptors (Lipinski definition) is 21. The molecule has 558 valence electrons. The second-order valence-electron chi connectivity index (χ2n) is 23.2. The van der Waals surface area contributed by atoms with E-state index in [9.17, 15) is 15.8 Å². The van der Waals surface area contributed by atoms with E-state index in [4.69, 9.17) is 87.5 Å². The number of rotatable bonds is 42. The Labute approximate surface area is 631 Å². The summed E-state index contributed by atoms with van der Waals surface area (Å²) in [4.78, 5) is 0. The van der Waals surface area contributed by atoms with Crippen LogP contribution in [0.3, 0.4) is 0 Å². The van der Waals surface area contributed by atoms with Gasteiger partial charge in [-0.3, -0.25) is 0 Å². The van der Waals surface area contributed by atoms with Crippen LogP contribution in [-0.2, 0) is 96.5 Å². The summed E-state index contributed by atoms with van der Waals surface area (Å²) in [5.41, 5.74) is 13.4. The lowest BCUT2D eigenvalue weighted by molar-refractivity contribution is 0.0259. The van der Waals surface area contributed by atoms with Crippen molar-refractivity contribution >= 4 is 0 Å². The molecule has 7 aromatic carbocycles. The minimum atomic E-state index is -0.0992. The summed E-state index contributed by atoms with van der Waals surface area (Å²) in [6.45, 7) is 4.52. The summed E-state index contributed by atoms with van der Waals surface area (Å²) in [6.07, 6.45) is 0. The fourth-order valence-electron chi connectivity index (χ4n) is 10.1. The lowest BCUT2D eigenvalue weighted by Crippen LogP contribution is -2.10. The van der Waals surface area contributed by atoms with Gasteiger partial charge in [0, 0.05) is 66.8 Å². The molecule has 0 atom stereocenters. The Bertz CT molecular complexity index is 3910. The third kappa shape index (κ3) is 32.0. The topological polar surface area (TPSA) is 304 Å². The molecule has 6 N–H and O–H groups in total. The maximum Gasteiger partial charge on any atom is 0.0999 e. The average molecular weight is 1460 g/mol. The van der Waals surface area contributed by atoms with E-state index in [1.54, 1.807) is 0 Å². The molecule has 0 aliphatic heterocycles. The zero-order valence-corrected chi connectivity index (χ0v) is 60.3. The van der Waals surface area contributed by atoms with Gasteiger partial charge in [0.15, 0.2) is 0 Å². The van der Waals surface area contributed by atoms with Crippen LogP contribution in [0.25, 0.3) is 0 Å². The van der Waals surface area contributed by atoms with E-state index in [1.807, 2.05) is 127 Å². The van der Waals surface area contributed by atoms with Gasteiger partial charge in [-0.2, -0.15) is 15.8 Å². The Kier molecular flexibility index (Phi) is 40.7. The van der Waals surface area contributed by atoms with Crippen LogP contribution in [0.4, 0.5) is 0 Å². The van der Waals surface area contributed by atoms with Crippen molar-refractivity contribution in [2.45, 2.75) is 39.6 Å². The van der Waals surface area contributed by atoms with Gasteiger partial charge in [0.05, 0.1) is 233 Å². The van der Waals surface area contributed by atoms with Crippen LogP contribution in [-0.4, -0.2) is 189 Å². The summed E-state index contributed by atoms with van der Waals surface area (Å²) < 4.78 is 67.1. The first kappa shape index (κ1) is 84.9. The van der Waals surface area contributed by atoms with Crippen molar-refractivity contribution in [1.29, 1.82) is 15.8 Å². The van der Waals surface area contributed by atoms with Crippen LogP contribution in [0.5, 0.6) is 0 Å². The molecule has 0 amide bonds. The number of hydrogen-bond donors (Lipinski definition) is 6. The Morgan fingerprint density at radius 1 is 0.185 bits per heavy atom. The summed E-state index contributed by atoms with van der Waals surface area (Å²) in [6, 6.07) is 46.1. The van der Waals surface area contributed by atoms with Gasteiger partial charge in [-0.25, -0.2) is 0 Å². The lowest BCUT2D eigenvalue weighted by atomic mass is 9.99. The number of nitriles is 3. The summed E-state index contributed by atoms with van der Waals surface area (Å²) in [5.74, 6) is 39.3. The molecule has 0 aliphatic carbocycles. The zero-order valence-electron chi connectivity index (χ0n) is 60.3. The van der Waals surface area contributed by atoms with Crippen molar-refractivity contribution in [3.05, 3.63) is 244 Å². The van der Waals surface area contributed by atoms with Crippen molar-refractivity contribution in [3.8, 4) is 89.3 Å². The predicted molar refractivity (Wildman–Crippen MR) is 400 cm³/mol. The molecule has 21 nitrogen and oxygen atoms in total. The molecule has 0 saturated heterocycles. The first-order valence-electron chi connectivity index (χ1n) is 35.0. The van der Waals surface area contributed by atoms with Crippen LogP contribution in [0.2, 0.25) is 0 Å². The maximum absolute atomic E-state index is 10.2. The quantitative estimate of drug-likeness (QED) is 0.0168. The van der Waals surface area contributed by atoms with E-state index >= 15 is 0 Å². The van der Waals surface area contributed by atoms with Crippen molar-refractivity contribution in [2.75, 3.05) is 159 Å². The standard InChI is InChI=1S/C87H87N3O18/c88-58-85-79(61-103-43-37-97-31-25-91)52-76(53-80(85)62-104-44-38-98-32-26-92)22-16-70-7-1-67(2-8-70)13-19-73-49-74(20-14-68-3-9-71(10-4-68)17-23-77-54-81(63-105-45-39-99-33-27-93)86(59-89)82(55-77)64-106-46-40-100-34-28-94)51-75(50-73)21-15-69-5-11-72(12-6-69)18-24-78-56-83(65-107-47-41-101-35-29-95)87(60-90)84(57-78)66-108-48-42-102-36-30-96/h1-12,49-57,91-96H,25-48,61-66H2. The van der Waals surface area contributed by atoms with E-state index in [0.717, 1.165) is 33.4 Å².